The Hall–Kier alpha value is -2.19. The Morgan fingerprint density at radius 2 is 1.81 bits per heavy atom. The molecule has 1 saturated heterocycles. The Morgan fingerprint density at radius 1 is 1.06 bits per heavy atom. The van der Waals surface area contributed by atoms with Gasteiger partial charge in [-0.1, -0.05) is 48.2 Å². The van der Waals surface area contributed by atoms with Crippen molar-refractivity contribution in [1.82, 2.24) is 10.8 Å². The zero-order valence-electron chi connectivity index (χ0n) is 17.2. The van der Waals surface area contributed by atoms with Gasteiger partial charge >= 0.3 is 0 Å². The molecule has 1 aliphatic heterocycles. The Balaban J connectivity index is 1.63. The van der Waals surface area contributed by atoms with E-state index in [1.54, 1.807) is 11.8 Å². The molecule has 0 saturated carbocycles. The van der Waals surface area contributed by atoms with Crippen LogP contribution in [0.25, 0.3) is 0 Å². The summed E-state index contributed by atoms with van der Waals surface area (Å²) in [5.41, 5.74) is 1.67. The number of benzene rings is 2. The van der Waals surface area contributed by atoms with E-state index >= 15 is 0 Å². The quantitative estimate of drug-likeness (QED) is 0.448. The first-order chi connectivity index (χ1) is 15.1. The summed E-state index contributed by atoms with van der Waals surface area (Å²) in [6, 6.07) is 15.1. The van der Waals surface area contributed by atoms with E-state index < -0.39 is 22.1 Å². The van der Waals surface area contributed by atoms with Gasteiger partial charge in [-0.05, 0) is 74.7 Å². The molecule has 4 rings (SSSR count). The first-order valence-corrected chi connectivity index (χ1v) is 12.4. The molecule has 0 radical (unpaired) electrons. The number of nitrogens with one attached hydrogen (secondary N) is 2. The van der Waals surface area contributed by atoms with Crippen LogP contribution in [0, 0.1) is 0 Å². The van der Waals surface area contributed by atoms with Crippen molar-refractivity contribution in [3.8, 4) is 0 Å². The lowest BCUT2D eigenvalue weighted by molar-refractivity contribution is -0.136. The summed E-state index contributed by atoms with van der Waals surface area (Å²) >= 11 is 1.70. The van der Waals surface area contributed by atoms with E-state index in [-0.39, 0.29) is 0 Å². The smallest absolute Gasteiger partial charge is 0.254 e. The molecule has 31 heavy (non-hydrogen) atoms. The van der Waals surface area contributed by atoms with E-state index in [1.807, 2.05) is 54.0 Å². The number of carbonyl (C=O) groups is 1. The van der Waals surface area contributed by atoms with E-state index in [0.29, 0.717) is 35.7 Å². The fraction of sp³-hybridized carbons (Fsp3) is 0.292. The minimum atomic E-state index is -1.44. The van der Waals surface area contributed by atoms with Crippen LogP contribution in [0.2, 0.25) is 0 Å². The minimum Gasteiger partial charge on any atom is -0.317 e. The third kappa shape index (κ3) is 4.70. The second kappa shape index (κ2) is 9.96. The molecule has 3 N–H and O–H groups in total. The van der Waals surface area contributed by atoms with Crippen LogP contribution >= 0.6 is 11.8 Å². The average molecular weight is 455 g/mol. The van der Waals surface area contributed by atoms with Gasteiger partial charge in [0.25, 0.3) is 5.91 Å². The summed E-state index contributed by atoms with van der Waals surface area (Å²) < 4.78 is 13.5. The first kappa shape index (κ1) is 22.0. The zero-order valence-corrected chi connectivity index (χ0v) is 18.8. The monoisotopic (exact) mass is 454 g/mol. The van der Waals surface area contributed by atoms with Crippen molar-refractivity contribution < 1.29 is 14.2 Å². The fourth-order valence-corrected chi connectivity index (χ4v) is 6.37. The molecule has 0 bridgehead atoms. The summed E-state index contributed by atoms with van der Waals surface area (Å²) in [6.07, 6.45) is 9.78. The van der Waals surface area contributed by atoms with Crippen LogP contribution in [-0.2, 0) is 21.0 Å². The van der Waals surface area contributed by atoms with E-state index in [4.69, 9.17) is 0 Å². The largest absolute Gasteiger partial charge is 0.317 e. The van der Waals surface area contributed by atoms with Gasteiger partial charge in [-0.2, -0.15) is 0 Å². The van der Waals surface area contributed by atoms with Gasteiger partial charge in [0.2, 0.25) is 0 Å². The predicted octanol–water partition coefficient (Wildman–Crippen LogP) is 4.31. The van der Waals surface area contributed by atoms with Gasteiger partial charge in [0.15, 0.2) is 0 Å². The SMILES string of the molecule is O=C(NO)C1(c2ccccc2S(=O)c2ccc(SC3=CCCC=C3)cc2)CCNCC1. The topological polar surface area (TPSA) is 78.4 Å². The number of rotatable bonds is 6. The van der Waals surface area contributed by atoms with Gasteiger partial charge in [0.05, 0.1) is 16.2 Å². The Kier molecular flexibility index (Phi) is 7.07. The summed E-state index contributed by atoms with van der Waals surface area (Å²) in [4.78, 5) is 16.4. The summed E-state index contributed by atoms with van der Waals surface area (Å²) in [6.45, 7) is 1.31. The molecule has 1 aliphatic carbocycles. The maximum atomic E-state index is 13.5. The highest BCUT2D eigenvalue weighted by Crippen LogP contribution is 2.38. The van der Waals surface area contributed by atoms with Gasteiger partial charge < -0.3 is 5.32 Å². The molecule has 1 unspecified atom stereocenters. The average Bonchev–Trinajstić information content (AvgIpc) is 2.84. The van der Waals surface area contributed by atoms with Crippen LogP contribution in [0.1, 0.15) is 31.2 Å². The molecule has 7 heteroatoms. The minimum absolute atomic E-state index is 0.445. The van der Waals surface area contributed by atoms with E-state index in [0.717, 1.165) is 23.3 Å². The molecule has 162 valence electrons. The highest BCUT2D eigenvalue weighted by atomic mass is 32.2. The van der Waals surface area contributed by atoms with Crippen molar-refractivity contribution in [1.29, 1.82) is 0 Å². The molecular weight excluding hydrogens is 428 g/mol. The predicted molar refractivity (Wildman–Crippen MR) is 124 cm³/mol. The molecule has 1 heterocycles. The number of allylic oxidation sites excluding steroid dienone is 3. The normalized spacial score (nSPS) is 18.8. The number of thioether (sulfide) groups is 1. The molecule has 5 nitrogen and oxygen atoms in total. The summed E-state index contributed by atoms with van der Waals surface area (Å²) in [7, 11) is -1.44. The van der Waals surface area contributed by atoms with Gasteiger partial charge in [0.1, 0.15) is 0 Å². The third-order valence-corrected chi connectivity index (χ3v) is 8.33. The zero-order chi connectivity index (χ0) is 21.7. The highest BCUT2D eigenvalue weighted by molar-refractivity contribution is 8.03. The standard InChI is InChI=1S/C24H26N2O3S2/c27-23(26-28)24(14-16-25-17-15-24)21-8-4-5-9-22(21)31(29)20-12-10-19(11-13-20)30-18-6-2-1-3-7-18/h2,4-13,25,28H,1,3,14-17H2,(H,26,27). The van der Waals surface area contributed by atoms with Crippen molar-refractivity contribution >= 4 is 28.5 Å². The summed E-state index contributed by atoms with van der Waals surface area (Å²) in [5, 5.41) is 12.7. The second-order valence-electron chi connectivity index (χ2n) is 7.70. The molecule has 1 atom stereocenters. The molecule has 1 amide bonds. The van der Waals surface area contributed by atoms with Crippen molar-refractivity contribution in [2.24, 2.45) is 0 Å². The molecular formula is C24H26N2O3S2. The van der Waals surface area contributed by atoms with Gasteiger partial charge in [-0.3, -0.25) is 10.0 Å². The lowest BCUT2D eigenvalue weighted by Gasteiger charge is -2.37. The number of hydrogen-bond acceptors (Lipinski definition) is 5. The molecule has 2 aromatic rings. The first-order valence-electron chi connectivity index (χ1n) is 10.5. The molecule has 2 aliphatic rings. The third-order valence-electron chi connectivity index (χ3n) is 5.83. The van der Waals surface area contributed by atoms with Gasteiger partial charge in [0, 0.05) is 19.6 Å². The van der Waals surface area contributed by atoms with Crippen LogP contribution in [0.5, 0.6) is 0 Å². The number of hydroxylamine groups is 1. The van der Waals surface area contributed by atoms with Crippen LogP contribution in [0.4, 0.5) is 0 Å². The van der Waals surface area contributed by atoms with Crippen LogP contribution in [-0.4, -0.2) is 28.4 Å². The van der Waals surface area contributed by atoms with Crippen LogP contribution in [0.15, 0.2) is 86.4 Å². The molecule has 1 fully saturated rings. The number of hydrogen-bond donors (Lipinski definition) is 3. The van der Waals surface area contributed by atoms with Crippen molar-refractivity contribution in [3.63, 3.8) is 0 Å². The fourth-order valence-electron chi connectivity index (χ4n) is 4.16. The molecule has 0 aromatic heterocycles. The van der Waals surface area contributed by atoms with E-state index in [9.17, 15) is 14.2 Å². The summed E-state index contributed by atoms with van der Waals surface area (Å²) in [5.74, 6) is -0.445. The lowest BCUT2D eigenvalue weighted by atomic mass is 9.72. The number of carbonyl (C=O) groups excluding carboxylic acids is 1. The van der Waals surface area contributed by atoms with Gasteiger partial charge in [-0.15, -0.1) is 0 Å². The maximum Gasteiger partial charge on any atom is 0.254 e. The molecule has 2 aromatic carbocycles. The molecule has 0 spiro atoms. The van der Waals surface area contributed by atoms with Gasteiger partial charge in [-0.25, -0.2) is 9.69 Å². The van der Waals surface area contributed by atoms with Crippen LogP contribution in [0.3, 0.4) is 0 Å². The van der Waals surface area contributed by atoms with Crippen molar-refractivity contribution in [2.45, 2.75) is 45.8 Å². The number of amides is 1. The highest BCUT2D eigenvalue weighted by Gasteiger charge is 2.43. The Morgan fingerprint density at radius 3 is 2.48 bits per heavy atom. The van der Waals surface area contributed by atoms with Crippen molar-refractivity contribution in [3.05, 3.63) is 77.2 Å². The lowest BCUT2D eigenvalue weighted by Crippen LogP contribution is -2.50. The van der Waals surface area contributed by atoms with Crippen molar-refractivity contribution in [2.75, 3.05) is 13.1 Å². The Labute approximate surface area is 189 Å². The van der Waals surface area contributed by atoms with E-state index in [1.165, 1.54) is 4.91 Å². The van der Waals surface area contributed by atoms with E-state index in [2.05, 4.69) is 23.5 Å². The van der Waals surface area contributed by atoms with Crippen LogP contribution < -0.4 is 10.8 Å². The Bertz CT molecular complexity index is 1030. The number of piperidine rings is 1. The maximum absolute atomic E-state index is 13.5. The second-order valence-corrected chi connectivity index (χ2v) is 10.3.